The van der Waals surface area contributed by atoms with Gasteiger partial charge in [0.1, 0.15) is 0 Å². The summed E-state index contributed by atoms with van der Waals surface area (Å²) in [7, 11) is 0. The van der Waals surface area contributed by atoms with E-state index in [1.807, 2.05) is 6.92 Å². The molecule has 2 nitrogen and oxygen atoms in total. The van der Waals surface area contributed by atoms with Gasteiger partial charge in [-0.25, -0.2) is 0 Å². The molecule has 0 aromatic rings. The maximum atomic E-state index is 11.1. The Labute approximate surface area is 80.8 Å². The quantitative estimate of drug-likeness (QED) is 0.444. The van der Waals surface area contributed by atoms with Gasteiger partial charge in [0.15, 0.2) is 0 Å². The van der Waals surface area contributed by atoms with Gasteiger partial charge in [-0.15, -0.1) is 0 Å². The Bertz CT molecular complexity index is 141. The summed E-state index contributed by atoms with van der Waals surface area (Å²) < 4.78 is 6.07. The molecular formula is C8H13IO2. The summed E-state index contributed by atoms with van der Waals surface area (Å²) in [6.45, 7) is 2.37. The molecule has 11 heavy (non-hydrogen) atoms. The Kier molecular flexibility index (Phi) is 3.62. The zero-order valence-electron chi connectivity index (χ0n) is 6.68. The largest absolute Gasteiger partial charge is 0.466 e. The average molecular weight is 268 g/mol. The van der Waals surface area contributed by atoms with E-state index >= 15 is 0 Å². The fourth-order valence-corrected chi connectivity index (χ4v) is 2.03. The second-order valence-electron chi connectivity index (χ2n) is 2.94. The fourth-order valence-electron chi connectivity index (χ4n) is 1.31. The molecule has 3 heteroatoms. The molecule has 0 spiro atoms. The highest BCUT2D eigenvalue weighted by Gasteiger charge is 2.34. The van der Waals surface area contributed by atoms with Crippen LogP contribution in [0.15, 0.2) is 0 Å². The van der Waals surface area contributed by atoms with E-state index in [4.69, 9.17) is 4.74 Å². The Morgan fingerprint density at radius 3 is 2.73 bits per heavy atom. The summed E-state index contributed by atoms with van der Waals surface area (Å²) >= 11 is 2.37. The Balaban J connectivity index is 2.16. The zero-order valence-corrected chi connectivity index (χ0v) is 8.84. The molecule has 0 aromatic heterocycles. The third kappa shape index (κ3) is 2.32. The number of hydrogen-bond acceptors (Lipinski definition) is 2. The highest BCUT2D eigenvalue weighted by atomic mass is 127. The van der Waals surface area contributed by atoms with Gasteiger partial charge in [-0.3, -0.25) is 4.79 Å². The molecule has 0 aromatic carbocycles. The predicted octanol–water partition coefficient (Wildman–Crippen LogP) is 2.01. The van der Waals surface area contributed by atoms with Gasteiger partial charge in [0.25, 0.3) is 0 Å². The molecule has 0 unspecified atom stereocenters. The van der Waals surface area contributed by atoms with Crippen LogP contribution < -0.4 is 0 Å². The lowest BCUT2D eigenvalue weighted by molar-refractivity contribution is -0.152. The molecule has 1 saturated carbocycles. The number of halogens is 1. The summed E-state index contributed by atoms with van der Waals surface area (Å²) in [5, 5.41) is 0. The smallest absolute Gasteiger partial charge is 0.308 e. The van der Waals surface area contributed by atoms with Crippen molar-refractivity contribution >= 4 is 28.6 Å². The lowest BCUT2D eigenvalue weighted by Crippen LogP contribution is -2.32. The number of carbonyl (C=O) groups is 1. The molecule has 0 atom stereocenters. The minimum absolute atomic E-state index is 0.00796. The van der Waals surface area contributed by atoms with Gasteiger partial charge in [-0.2, -0.15) is 0 Å². The maximum Gasteiger partial charge on any atom is 0.308 e. The molecule has 0 heterocycles. The van der Waals surface area contributed by atoms with E-state index in [0.29, 0.717) is 6.61 Å². The third-order valence-electron chi connectivity index (χ3n) is 2.07. The number of rotatable bonds is 3. The standard InChI is InChI=1S/C8H13IO2/c1-2-11-8(10)7-3-6(4-7)5-9/h6-7H,2-5H2,1H3. The van der Waals surface area contributed by atoms with Crippen molar-refractivity contribution in [3.8, 4) is 0 Å². The number of carbonyl (C=O) groups excluding carboxylic acids is 1. The highest BCUT2D eigenvalue weighted by molar-refractivity contribution is 14.1. The molecule has 0 amide bonds. The molecule has 0 saturated heterocycles. The van der Waals surface area contributed by atoms with E-state index in [1.54, 1.807) is 0 Å². The first-order chi connectivity index (χ1) is 5.27. The highest BCUT2D eigenvalue weighted by Crippen LogP contribution is 2.35. The van der Waals surface area contributed by atoms with Gasteiger partial charge in [-0.05, 0) is 25.7 Å². The third-order valence-corrected chi connectivity index (χ3v) is 3.32. The Morgan fingerprint density at radius 2 is 2.27 bits per heavy atom. The molecule has 0 bridgehead atoms. The van der Waals surface area contributed by atoms with E-state index < -0.39 is 0 Å². The van der Waals surface area contributed by atoms with Crippen LogP contribution in [0.5, 0.6) is 0 Å². The monoisotopic (exact) mass is 268 g/mol. The van der Waals surface area contributed by atoms with Crippen molar-refractivity contribution in [2.45, 2.75) is 19.8 Å². The van der Waals surface area contributed by atoms with Crippen molar-refractivity contribution in [1.29, 1.82) is 0 Å². The van der Waals surface area contributed by atoms with Crippen LogP contribution in [0.4, 0.5) is 0 Å². The molecule has 1 aliphatic carbocycles. The van der Waals surface area contributed by atoms with Gasteiger partial charge in [0, 0.05) is 4.43 Å². The van der Waals surface area contributed by atoms with Crippen molar-refractivity contribution in [2.75, 3.05) is 11.0 Å². The van der Waals surface area contributed by atoms with E-state index in [-0.39, 0.29) is 11.9 Å². The summed E-state index contributed by atoms with van der Waals surface area (Å²) in [4.78, 5) is 11.1. The summed E-state index contributed by atoms with van der Waals surface area (Å²) in [6, 6.07) is 0. The zero-order chi connectivity index (χ0) is 8.27. The van der Waals surface area contributed by atoms with E-state index in [0.717, 1.165) is 18.8 Å². The van der Waals surface area contributed by atoms with Crippen LogP contribution in [0.3, 0.4) is 0 Å². The van der Waals surface area contributed by atoms with Crippen LogP contribution in [0.1, 0.15) is 19.8 Å². The minimum atomic E-state index is 0.00796. The molecule has 0 aliphatic heterocycles. The van der Waals surface area contributed by atoms with E-state index in [9.17, 15) is 4.79 Å². The van der Waals surface area contributed by atoms with Crippen LogP contribution >= 0.6 is 22.6 Å². The van der Waals surface area contributed by atoms with Crippen molar-refractivity contribution in [1.82, 2.24) is 0 Å². The maximum absolute atomic E-state index is 11.1. The van der Waals surface area contributed by atoms with Gasteiger partial charge >= 0.3 is 5.97 Å². The van der Waals surface area contributed by atoms with E-state index in [1.165, 1.54) is 4.43 Å². The first kappa shape index (κ1) is 9.29. The van der Waals surface area contributed by atoms with Crippen LogP contribution in [0.25, 0.3) is 0 Å². The number of ether oxygens (including phenoxy) is 1. The van der Waals surface area contributed by atoms with E-state index in [2.05, 4.69) is 22.6 Å². The van der Waals surface area contributed by atoms with Crippen molar-refractivity contribution in [2.24, 2.45) is 11.8 Å². The molecule has 0 N–H and O–H groups in total. The first-order valence-electron chi connectivity index (χ1n) is 4.00. The lowest BCUT2D eigenvalue weighted by Gasteiger charge is -2.31. The van der Waals surface area contributed by atoms with Crippen LogP contribution in [0, 0.1) is 11.8 Å². The number of esters is 1. The predicted molar refractivity (Wildman–Crippen MR) is 51.7 cm³/mol. The van der Waals surface area contributed by atoms with Gasteiger partial charge in [-0.1, -0.05) is 22.6 Å². The average Bonchev–Trinajstić information content (AvgIpc) is 1.86. The molecule has 1 fully saturated rings. The van der Waals surface area contributed by atoms with Crippen LogP contribution in [-0.4, -0.2) is 17.0 Å². The SMILES string of the molecule is CCOC(=O)C1CC(CI)C1. The van der Waals surface area contributed by atoms with Crippen molar-refractivity contribution in [3.63, 3.8) is 0 Å². The Morgan fingerprint density at radius 1 is 1.64 bits per heavy atom. The topological polar surface area (TPSA) is 26.3 Å². The first-order valence-corrected chi connectivity index (χ1v) is 5.53. The van der Waals surface area contributed by atoms with Gasteiger partial charge < -0.3 is 4.74 Å². The van der Waals surface area contributed by atoms with Crippen molar-refractivity contribution in [3.05, 3.63) is 0 Å². The minimum Gasteiger partial charge on any atom is -0.466 e. The normalized spacial score (nSPS) is 29.3. The number of hydrogen-bond donors (Lipinski definition) is 0. The van der Waals surface area contributed by atoms with Gasteiger partial charge in [0.05, 0.1) is 12.5 Å². The molecular weight excluding hydrogens is 255 g/mol. The fraction of sp³-hybridized carbons (Fsp3) is 0.875. The van der Waals surface area contributed by atoms with Crippen LogP contribution in [-0.2, 0) is 9.53 Å². The lowest BCUT2D eigenvalue weighted by atomic mass is 9.76. The van der Waals surface area contributed by atoms with Gasteiger partial charge in [0.2, 0.25) is 0 Å². The second-order valence-corrected chi connectivity index (χ2v) is 3.82. The summed E-state index contributed by atoms with van der Waals surface area (Å²) in [5.41, 5.74) is 0. The molecule has 1 aliphatic rings. The second kappa shape index (κ2) is 4.28. The molecule has 0 radical (unpaired) electrons. The molecule has 64 valence electrons. The van der Waals surface area contributed by atoms with Crippen molar-refractivity contribution < 1.29 is 9.53 Å². The summed E-state index contributed by atoms with van der Waals surface area (Å²) in [5.74, 6) is 0.994. The molecule has 1 rings (SSSR count). The summed E-state index contributed by atoms with van der Waals surface area (Å²) in [6.07, 6.45) is 2.09. The Hall–Kier alpha value is 0.200. The number of alkyl halides is 1. The van der Waals surface area contributed by atoms with Crippen LogP contribution in [0.2, 0.25) is 0 Å².